The molecule has 0 spiro atoms. The first-order valence-corrected chi connectivity index (χ1v) is 6.38. The predicted molar refractivity (Wildman–Crippen MR) is 73.5 cm³/mol. The third-order valence-electron chi connectivity index (χ3n) is 2.75. The molecule has 5 nitrogen and oxygen atoms in total. The maximum Gasteiger partial charge on any atom is 0.176 e. The second-order valence-corrected chi connectivity index (χ2v) is 3.92. The summed E-state index contributed by atoms with van der Waals surface area (Å²) < 4.78 is 21.5. The van der Waals surface area contributed by atoms with E-state index in [-0.39, 0.29) is 6.04 Å². The van der Waals surface area contributed by atoms with Gasteiger partial charge < -0.3 is 24.7 Å². The Hall–Kier alpha value is -1.30. The molecule has 0 aliphatic carbocycles. The van der Waals surface area contributed by atoms with Crippen LogP contribution in [0.25, 0.3) is 0 Å². The second kappa shape index (κ2) is 7.99. The summed E-state index contributed by atoms with van der Waals surface area (Å²) in [6.45, 7) is 4.91. The zero-order chi connectivity index (χ0) is 14.3. The van der Waals surface area contributed by atoms with Gasteiger partial charge in [0.1, 0.15) is 0 Å². The summed E-state index contributed by atoms with van der Waals surface area (Å²) in [4.78, 5) is 0. The number of hydrogen-bond acceptors (Lipinski definition) is 5. The summed E-state index contributed by atoms with van der Waals surface area (Å²) in [6.07, 6.45) is -0.465. The van der Waals surface area contributed by atoms with Gasteiger partial charge in [-0.15, -0.1) is 0 Å². The van der Waals surface area contributed by atoms with E-state index in [2.05, 4.69) is 0 Å². The van der Waals surface area contributed by atoms with Crippen molar-refractivity contribution in [1.82, 2.24) is 0 Å². The lowest BCUT2D eigenvalue weighted by Gasteiger charge is -2.24. The van der Waals surface area contributed by atoms with Crippen molar-refractivity contribution in [2.24, 2.45) is 5.73 Å². The van der Waals surface area contributed by atoms with Gasteiger partial charge in [0.05, 0.1) is 20.3 Å². The van der Waals surface area contributed by atoms with Gasteiger partial charge in [0.25, 0.3) is 0 Å². The van der Waals surface area contributed by atoms with Crippen LogP contribution in [0.4, 0.5) is 0 Å². The summed E-state index contributed by atoms with van der Waals surface area (Å²) in [7, 11) is 3.19. The quantitative estimate of drug-likeness (QED) is 0.732. The molecule has 19 heavy (non-hydrogen) atoms. The smallest absolute Gasteiger partial charge is 0.176 e. The van der Waals surface area contributed by atoms with E-state index in [9.17, 15) is 0 Å². The number of rotatable bonds is 8. The molecule has 0 aromatic heterocycles. The summed E-state index contributed by atoms with van der Waals surface area (Å²) in [5, 5.41) is 0. The molecule has 0 heterocycles. The lowest BCUT2D eigenvalue weighted by molar-refractivity contribution is -0.149. The van der Waals surface area contributed by atoms with Crippen molar-refractivity contribution in [1.29, 1.82) is 0 Å². The zero-order valence-electron chi connectivity index (χ0n) is 12.0. The first-order chi connectivity index (χ1) is 9.17. The molecule has 0 radical (unpaired) electrons. The lowest BCUT2D eigenvalue weighted by atomic mass is 10.1. The van der Waals surface area contributed by atoms with E-state index in [0.29, 0.717) is 24.7 Å². The van der Waals surface area contributed by atoms with Crippen LogP contribution < -0.4 is 15.2 Å². The minimum Gasteiger partial charge on any atom is -0.493 e. The van der Waals surface area contributed by atoms with Crippen LogP contribution in [0, 0.1) is 0 Å². The topological polar surface area (TPSA) is 62.9 Å². The van der Waals surface area contributed by atoms with E-state index in [1.807, 2.05) is 32.0 Å². The highest BCUT2D eigenvalue weighted by atomic mass is 16.7. The molecule has 2 N–H and O–H groups in total. The van der Waals surface area contributed by atoms with Gasteiger partial charge >= 0.3 is 0 Å². The van der Waals surface area contributed by atoms with E-state index < -0.39 is 6.29 Å². The van der Waals surface area contributed by atoms with Gasteiger partial charge in [-0.1, -0.05) is 6.07 Å². The van der Waals surface area contributed by atoms with Gasteiger partial charge in [0.15, 0.2) is 17.8 Å². The number of methoxy groups -OCH3 is 2. The van der Waals surface area contributed by atoms with Gasteiger partial charge in [-0.25, -0.2) is 0 Å². The highest BCUT2D eigenvalue weighted by molar-refractivity contribution is 5.43. The summed E-state index contributed by atoms with van der Waals surface area (Å²) >= 11 is 0. The van der Waals surface area contributed by atoms with Crippen molar-refractivity contribution in [2.75, 3.05) is 27.4 Å². The third-order valence-corrected chi connectivity index (χ3v) is 2.75. The number of hydrogen-bond donors (Lipinski definition) is 1. The first-order valence-electron chi connectivity index (χ1n) is 6.38. The molecule has 1 aromatic rings. The SMILES string of the molecule is CCOC(OCC)C(N)c1ccc(OC)c(OC)c1. The van der Waals surface area contributed by atoms with Crippen molar-refractivity contribution in [3.05, 3.63) is 23.8 Å². The van der Waals surface area contributed by atoms with Crippen LogP contribution in [0.5, 0.6) is 11.5 Å². The number of nitrogens with two attached hydrogens (primary N) is 1. The van der Waals surface area contributed by atoms with Gasteiger partial charge in [-0.05, 0) is 31.5 Å². The molecule has 0 fully saturated rings. The zero-order valence-corrected chi connectivity index (χ0v) is 12.0. The van der Waals surface area contributed by atoms with Crippen LogP contribution in [0.1, 0.15) is 25.5 Å². The van der Waals surface area contributed by atoms with Crippen LogP contribution in [0.15, 0.2) is 18.2 Å². The molecule has 1 atom stereocenters. The standard InChI is InChI=1S/C14H23NO4/c1-5-18-14(19-6-2)13(15)10-7-8-11(16-3)12(9-10)17-4/h7-9,13-14H,5-6,15H2,1-4H3. The van der Waals surface area contributed by atoms with Crippen molar-refractivity contribution in [2.45, 2.75) is 26.2 Å². The van der Waals surface area contributed by atoms with Gasteiger partial charge in [-0.2, -0.15) is 0 Å². The third kappa shape index (κ3) is 4.09. The van der Waals surface area contributed by atoms with Crippen molar-refractivity contribution >= 4 is 0 Å². The monoisotopic (exact) mass is 269 g/mol. The Bertz CT molecular complexity index is 378. The van der Waals surface area contributed by atoms with E-state index in [4.69, 9.17) is 24.7 Å². The molecule has 0 aliphatic heterocycles. The normalized spacial score (nSPS) is 12.5. The number of benzene rings is 1. The average Bonchev–Trinajstić information content (AvgIpc) is 2.45. The molecule has 108 valence electrons. The Morgan fingerprint density at radius 1 is 1.00 bits per heavy atom. The fourth-order valence-corrected chi connectivity index (χ4v) is 1.80. The highest BCUT2D eigenvalue weighted by Gasteiger charge is 2.21. The molecular weight excluding hydrogens is 246 g/mol. The van der Waals surface area contributed by atoms with Crippen LogP contribution >= 0.6 is 0 Å². The average molecular weight is 269 g/mol. The van der Waals surface area contributed by atoms with Crippen molar-refractivity contribution in [3.63, 3.8) is 0 Å². The first kappa shape index (κ1) is 15.8. The van der Waals surface area contributed by atoms with Crippen molar-refractivity contribution < 1.29 is 18.9 Å². The lowest BCUT2D eigenvalue weighted by Crippen LogP contribution is -2.31. The van der Waals surface area contributed by atoms with Gasteiger partial charge in [-0.3, -0.25) is 0 Å². The fourth-order valence-electron chi connectivity index (χ4n) is 1.80. The van der Waals surface area contributed by atoms with Gasteiger partial charge in [0, 0.05) is 13.2 Å². The fraction of sp³-hybridized carbons (Fsp3) is 0.571. The Morgan fingerprint density at radius 3 is 2.05 bits per heavy atom. The van der Waals surface area contributed by atoms with Crippen LogP contribution in [0.2, 0.25) is 0 Å². The van der Waals surface area contributed by atoms with E-state index in [1.54, 1.807) is 14.2 Å². The summed E-state index contributed by atoms with van der Waals surface area (Å²) in [5.41, 5.74) is 7.06. The Balaban J connectivity index is 2.93. The molecular formula is C14H23NO4. The Kier molecular flexibility index (Phi) is 6.62. The molecule has 5 heteroatoms. The summed E-state index contributed by atoms with van der Waals surface area (Å²) in [6, 6.07) is 5.17. The maximum absolute atomic E-state index is 6.18. The maximum atomic E-state index is 6.18. The minimum absolute atomic E-state index is 0.375. The van der Waals surface area contributed by atoms with Crippen LogP contribution in [-0.4, -0.2) is 33.7 Å². The van der Waals surface area contributed by atoms with Crippen LogP contribution in [-0.2, 0) is 9.47 Å². The molecule has 0 saturated carbocycles. The predicted octanol–water partition coefficient (Wildman–Crippen LogP) is 2.10. The molecule has 1 rings (SSSR count). The van der Waals surface area contributed by atoms with Gasteiger partial charge in [0.2, 0.25) is 0 Å². The summed E-state index contributed by atoms with van der Waals surface area (Å²) in [5.74, 6) is 1.31. The van der Waals surface area contributed by atoms with Crippen LogP contribution in [0.3, 0.4) is 0 Å². The number of ether oxygens (including phenoxy) is 4. The Labute approximate surface area is 114 Å². The molecule has 0 saturated heterocycles. The Morgan fingerprint density at radius 2 is 1.58 bits per heavy atom. The molecule has 1 aromatic carbocycles. The van der Waals surface area contributed by atoms with E-state index in [1.165, 1.54) is 0 Å². The second-order valence-electron chi connectivity index (χ2n) is 3.92. The minimum atomic E-state index is -0.465. The largest absolute Gasteiger partial charge is 0.493 e. The van der Waals surface area contributed by atoms with E-state index in [0.717, 1.165) is 5.56 Å². The molecule has 0 amide bonds. The van der Waals surface area contributed by atoms with E-state index >= 15 is 0 Å². The molecule has 0 aliphatic rings. The highest BCUT2D eigenvalue weighted by Crippen LogP contribution is 2.30. The van der Waals surface area contributed by atoms with Crippen molar-refractivity contribution in [3.8, 4) is 11.5 Å². The molecule has 1 unspecified atom stereocenters. The molecule has 0 bridgehead atoms.